The van der Waals surface area contributed by atoms with Crippen molar-refractivity contribution in [3.05, 3.63) is 58.3 Å². The lowest BCUT2D eigenvalue weighted by molar-refractivity contribution is 0.0370. The van der Waals surface area contributed by atoms with Crippen molar-refractivity contribution in [1.82, 2.24) is 9.88 Å². The van der Waals surface area contributed by atoms with Gasteiger partial charge in [0.15, 0.2) is 0 Å². The lowest BCUT2D eigenvalue weighted by atomic mass is 9.96. The molecule has 4 rings (SSSR count). The normalized spacial score (nSPS) is 21.5. The first kappa shape index (κ1) is 19.4. The lowest BCUT2D eigenvalue weighted by Crippen LogP contribution is -2.49. The Labute approximate surface area is 172 Å². The summed E-state index contributed by atoms with van der Waals surface area (Å²) < 4.78 is 6.15. The van der Waals surface area contributed by atoms with Gasteiger partial charge in [-0.25, -0.2) is 4.98 Å². The van der Waals surface area contributed by atoms with Crippen molar-refractivity contribution in [1.29, 1.82) is 5.26 Å². The van der Waals surface area contributed by atoms with E-state index in [1.54, 1.807) is 12.3 Å². The Morgan fingerprint density at radius 2 is 2.00 bits per heavy atom. The van der Waals surface area contributed by atoms with Gasteiger partial charge in [-0.05, 0) is 70.1 Å². The molecular formula is C24H27N3O2. The van der Waals surface area contributed by atoms with Crippen LogP contribution in [0.5, 0.6) is 5.88 Å². The second-order valence-corrected chi connectivity index (χ2v) is 8.39. The Kier molecular flexibility index (Phi) is 5.27. The van der Waals surface area contributed by atoms with Crippen molar-refractivity contribution < 1.29 is 9.53 Å². The smallest absolute Gasteiger partial charge is 0.254 e. The van der Waals surface area contributed by atoms with Crippen molar-refractivity contribution in [2.75, 3.05) is 6.54 Å². The largest absolute Gasteiger partial charge is 0.472 e. The average molecular weight is 389 g/mol. The molecule has 2 aliphatic rings. The highest BCUT2D eigenvalue weighted by Gasteiger charge is 2.34. The van der Waals surface area contributed by atoms with Crippen LogP contribution in [-0.2, 0) is 0 Å². The summed E-state index contributed by atoms with van der Waals surface area (Å²) in [7, 11) is 0. The van der Waals surface area contributed by atoms with Crippen LogP contribution in [0, 0.1) is 25.2 Å². The molecule has 0 N–H and O–H groups in total. The molecule has 2 heterocycles. The van der Waals surface area contributed by atoms with Crippen molar-refractivity contribution in [2.24, 2.45) is 0 Å². The van der Waals surface area contributed by atoms with E-state index in [0.29, 0.717) is 23.9 Å². The summed E-state index contributed by atoms with van der Waals surface area (Å²) >= 11 is 0. The Hall–Kier alpha value is -2.87. The number of nitriles is 1. The van der Waals surface area contributed by atoms with E-state index in [9.17, 15) is 10.1 Å². The van der Waals surface area contributed by atoms with Gasteiger partial charge in [0.1, 0.15) is 6.10 Å². The average Bonchev–Trinajstić information content (AvgIpc) is 3.56. The van der Waals surface area contributed by atoms with Crippen LogP contribution in [-0.4, -0.2) is 34.5 Å². The minimum Gasteiger partial charge on any atom is -0.472 e. The molecule has 0 radical (unpaired) electrons. The second-order valence-electron chi connectivity index (χ2n) is 8.39. The third kappa shape index (κ3) is 3.98. The number of carbonyl (C=O) groups is 1. The number of carbonyl (C=O) groups excluding carboxylic acids is 1. The van der Waals surface area contributed by atoms with Crippen LogP contribution in [0.1, 0.15) is 71.1 Å². The summed E-state index contributed by atoms with van der Waals surface area (Å²) in [5.74, 6) is 1.12. The fraction of sp³-hybridized carbons (Fsp3) is 0.458. The van der Waals surface area contributed by atoms with E-state index < -0.39 is 0 Å². The van der Waals surface area contributed by atoms with Crippen LogP contribution in [0.2, 0.25) is 0 Å². The zero-order valence-electron chi connectivity index (χ0n) is 17.3. The highest BCUT2D eigenvalue weighted by molar-refractivity contribution is 5.96. The highest BCUT2D eigenvalue weighted by atomic mass is 16.5. The van der Waals surface area contributed by atoms with E-state index in [-0.39, 0.29) is 18.1 Å². The van der Waals surface area contributed by atoms with Gasteiger partial charge in [0.2, 0.25) is 5.88 Å². The molecule has 2 atom stereocenters. The maximum Gasteiger partial charge on any atom is 0.254 e. The van der Waals surface area contributed by atoms with Crippen LogP contribution in [0.25, 0.3) is 0 Å². The van der Waals surface area contributed by atoms with E-state index in [1.807, 2.05) is 24.0 Å². The lowest BCUT2D eigenvalue weighted by Gasteiger charge is -2.38. The van der Waals surface area contributed by atoms with Crippen molar-refractivity contribution in [3.8, 4) is 11.9 Å². The molecule has 150 valence electrons. The third-order valence-corrected chi connectivity index (χ3v) is 6.11. The zero-order valence-corrected chi connectivity index (χ0v) is 17.3. The van der Waals surface area contributed by atoms with Gasteiger partial charge in [0.25, 0.3) is 5.91 Å². The molecule has 29 heavy (non-hydrogen) atoms. The van der Waals surface area contributed by atoms with Crippen LogP contribution in [0.4, 0.5) is 0 Å². The molecule has 1 aromatic heterocycles. The molecule has 2 fully saturated rings. The number of hydrogen-bond acceptors (Lipinski definition) is 4. The monoisotopic (exact) mass is 389 g/mol. The minimum atomic E-state index is -0.120. The third-order valence-electron chi connectivity index (χ3n) is 6.11. The molecular weight excluding hydrogens is 362 g/mol. The zero-order chi connectivity index (χ0) is 20.5. The molecule has 5 heteroatoms. The summed E-state index contributed by atoms with van der Waals surface area (Å²) in [5, 5.41) is 9.23. The van der Waals surface area contributed by atoms with E-state index in [0.717, 1.165) is 24.0 Å². The molecule has 0 spiro atoms. The Morgan fingerprint density at radius 3 is 2.72 bits per heavy atom. The molecule has 1 aliphatic heterocycles. The number of ether oxygens (including phenoxy) is 1. The van der Waals surface area contributed by atoms with Gasteiger partial charge >= 0.3 is 0 Å². The fourth-order valence-corrected chi connectivity index (χ4v) is 4.13. The topological polar surface area (TPSA) is 66.2 Å². The van der Waals surface area contributed by atoms with E-state index in [2.05, 4.69) is 31.0 Å². The number of hydrogen-bond donors (Lipinski definition) is 0. The molecule has 0 bridgehead atoms. The van der Waals surface area contributed by atoms with Crippen LogP contribution < -0.4 is 4.74 Å². The van der Waals surface area contributed by atoms with Gasteiger partial charge in [-0.15, -0.1) is 0 Å². The number of amides is 1. The quantitative estimate of drug-likeness (QED) is 0.771. The molecule has 2 aromatic rings. The summed E-state index contributed by atoms with van der Waals surface area (Å²) in [5.41, 5.74) is 4.56. The maximum atomic E-state index is 13.5. The van der Waals surface area contributed by atoms with E-state index >= 15 is 0 Å². The van der Waals surface area contributed by atoms with E-state index in [4.69, 9.17) is 4.74 Å². The van der Waals surface area contributed by atoms with Gasteiger partial charge in [-0.3, -0.25) is 4.79 Å². The fourth-order valence-electron chi connectivity index (χ4n) is 4.13. The number of aryl methyl sites for hydroxylation is 1. The standard InChI is InChI=1S/C24H27N3O2/c1-15-4-9-21(22(12-15)18-6-7-18)24(28)27-14-20(8-5-16(27)2)29-23-17(3)19(13-25)10-11-26-23/h4,9-12,16,18,20H,5-8,14H2,1-3H3. The van der Waals surface area contributed by atoms with Crippen molar-refractivity contribution in [2.45, 2.75) is 64.5 Å². The van der Waals surface area contributed by atoms with Crippen molar-refractivity contribution in [3.63, 3.8) is 0 Å². The van der Waals surface area contributed by atoms with E-state index in [1.165, 1.54) is 24.0 Å². The second kappa shape index (κ2) is 7.87. The molecule has 1 aromatic carbocycles. The van der Waals surface area contributed by atoms with Crippen LogP contribution in [0.15, 0.2) is 30.5 Å². The predicted molar refractivity (Wildman–Crippen MR) is 111 cm³/mol. The number of benzene rings is 1. The Morgan fingerprint density at radius 1 is 1.21 bits per heavy atom. The number of rotatable bonds is 4. The summed E-state index contributed by atoms with van der Waals surface area (Å²) in [4.78, 5) is 19.7. The van der Waals surface area contributed by atoms with Gasteiger partial charge in [-0.1, -0.05) is 17.7 Å². The molecule has 5 nitrogen and oxygen atoms in total. The molecule has 1 amide bonds. The predicted octanol–water partition coefficient (Wildman–Crippen LogP) is 4.52. The van der Waals surface area contributed by atoms with Gasteiger partial charge < -0.3 is 9.64 Å². The first-order chi connectivity index (χ1) is 14.0. The number of likely N-dealkylation sites (tertiary alicyclic amines) is 1. The number of piperidine rings is 1. The summed E-state index contributed by atoms with van der Waals surface area (Å²) in [6.45, 7) is 6.58. The van der Waals surface area contributed by atoms with Gasteiger partial charge in [0.05, 0.1) is 18.2 Å². The molecule has 1 aliphatic carbocycles. The maximum absolute atomic E-state index is 13.5. The van der Waals surface area contributed by atoms with Gasteiger partial charge in [-0.2, -0.15) is 5.26 Å². The van der Waals surface area contributed by atoms with Gasteiger partial charge in [0, 0.05) is 23.4 Å². The molecule has 1 saturated carbocycles. The highest BCUT2D eigenvalue weighted by Crippen LogP contribution is 2.42. The number of nitrogens with zero attached hydrogens (tertiary/aromatic N) is 3. The van der Waals surface area contributed by atoms with Crippen LogP contribution in [0.3, 0.4) is 0 Å². The minimum absolute atomic E-state index is 0.100. The number of aromatic nitrogens is 1. The molecule has 1 saturated heterocycles. The first-order valence-corrected chi connectivity index (χ1v) is 10.4. The summed E-state index contributed by atoms with van der Waals surface area (Å²) in [6, 6.07) is 10.2. The summed E-state index contributed by atoms with van der Waals surface area (Å²) in [6.07, 6.45) is 5.58. The van der Waals surface area contributed by atoms with Crippen LogP contribution >= 0.6 is 0 Å². The Balaban J connectivity index is 1.54. The SMILES string of the molecule is Cc1ccc(C(=O)N2CC(Oc3nccc(C#N)c3C)CCC2C)c(C2CC2)c1. The number of pyridine rings is 1. The van der Waals surface area contributed by atoms with Crippen molar-refractivity contribution >= 4 is 5.91 Å². The Bertz CT molecular complexity index is 975. The first-order valence-electron chi connectivity index (χ1n) is 10.4. The molecule has 2 unspecified atom stereocenters.